The Morgan fingerprint density at radius 2 is 2.10 bits per heavy atom. The molecule has 4 aromatic rings. The zero-order valence-electron chi connectivity index (χ0n) is 15.7. The van der Waals surface area contributed by atoms with Crippen molar-refractivity contribution >= 4 is 17.5 Å². The molecular formula is C21H16ClN7O. The first-order chi connectivity index (χ1) is 14.6. The highest BCUT2D eigenvalue weighted by molar-refractivity contribution is 6.32. The average Bonchev–Trinajstić information content (AvgIpc) is 3.44. The number of carbonyl (C=O) groups is 1. The standard InChI is InChI=1S/C21H16ClN7O/c22-17-10-14(3-4-15(17)12-23)18-5-8-29(28-18)9-7-25-21(30)20-11-19(26-27-20)16-2-1-6-24-13-16/h1-6,8,10-11,13H,7,9H2,(H,25,30)(H,26,27). The molecule has 1 amide bonds. The number of nitrogens with one attached hydrogen (secondary N) is 2. The van der Waals surface area contributed by atoms with Gasteiger partial charge in [-0.1, -0.05) is 17.7 Å². The van der Waals surface area contributed by atoms with Gasteiger partial charge in [0.15, 0.2) is 0 Å². The Morgan fingerprint density at radius 3 is 2.87 bits per heavy atom. The number of pyridine rings is 1. The SMILES string of the molecule is N#Cc1ccc(-c2ccn(CCNC(=O)c3cc(-c4cccnc4)n[nH]3)n2)cc1Cl. The number of H-pyrrole nitrogens is 1. The van der Waals surface area contributed by atoms with Crippen molar-refractivity contribution < 1.29 is 4.79 Å². The number of nitrogens with zero attached hydrogens (tertiary/aromatic N) is 5. The molecule has 0 atom stereocenters. The summed E-state index contributed by atoms with van der Waals surface area (Å²) in [5.41, 5.74) is 3.85. The molecule has 0 fully saturated rings. The Kier molecular flexibility index (Phi) is 5.54. The minimum Gasteiger partial charge on any atom is -0.349 e. The number of aromatic nitrogens is 5. The minimum absolute atomic E-state index is 0.246. The molecule has 9 heteroatoms. The van der Waals surface area contributed by atoms with Crippen molar-refractivity contribution in [2.24, 2.45) is 0 Å². The fourth-order valence-electron chi connectivity index (χ4n) is 2.88. The molecule has 0 bridgehead atoms. The highest BCUT2D eigenvalue weighted by atomic mass is 35.5. The summed E-state index contributed by atoms with van der Waals surface area (Å²) in [6, 6.07) is 14.5. The number of rotatable bonds is 6. The van der Waals surface area contributed by atoms with Crippen molar-refractivity contribution in [3.05, 3.63) is 77.3 Å². The van der Waals surface area contributed by atoms with Gasteiger partial charge in [-0.15, -0.1) is 0 Å². The monoisotopic (exact) mass is 417 g/mol. The van der Waals surface area contributed by atoms with Gasteiger partial charge >= 0.3 is 0 Å². The van der Waals surface area contributed by atoms with Crippen LogP contribution < -0.4 is 5.32 Å². The summed E-state index contributed by atoms with van der Waals surface area (Å²) in [4.78, 5) is 16.4. The predicted molar refractivity (Wildman–Crippen MR) is 112 cm³/mol. The van der Waals surface area contributed by atoms with E-state index >= 15 is 0 Å². The number of hydrogen-bond donors (Lipinski definition) is 2. The van der Waals surface area contributed by atoms with Crippen molar-refractivity contribution in [1.82, 2.24) is 30.3 Å². The molecule has 0 unspecified atom stereocenters. The Balaban J connectivity index is 1.34. The van der Waals surface area contributed by atoms with Crippen LogP contribution in [-0.2, 0) is 6.54 Å². The van der Waals surface area contributed by atoms with Crippen LogP contribution in [0.25, 0.3) is 22.5 Å². The molecule has 4 rings (SSSR count). The second kappa shape index (κ2) is 8.59. The van der Waals surface area contributed by atoms with Crippen molar-refractivity contribution in [3.8, 4) is 28.6 Å². The number of amides is 1. The van der Waals surface area contributed by atoms with E-state index < -0.39 is 0 Å². The minimum atomic E-state index is -0.246. The molecule has 0 aliphatic heterocycles. The third kappa shape index (κ3) is 4.21. The first-order valence-corrected chi connectivity index (χ1v) is 9.49. The second-order valence-electron chi connectivity index (χ2n) is 6.43. The quantitative estimate of drug-likeness (QED) is 0.500. The van der Waals surface area contributed by atoms with Gasteiger partial charge in [0.1, 0.15) is 11.8 Å². The van der Waals surface area contributed by atoms with Gasteiger partial charge in [-0.25, -0.2) is 0 Å². The van der Waals surface area contributed by atoms with E-state index in [-0.39, 0.29) is 5.91 Å². The van der Waals surface area contributed by atoms with Gasteiger partial charge in [-0.05, 0) is 36.4 Å². The normalized spacial score (nSPS) is 10.5. The van der Waals surface area contributed by atoms with Crippen LogP contribution in [-0.4, -0.2) is 37.4 Å². The summed E-state index contributed by atoms with van der Waals surface area (Å²) in [5.74, 6) is -0.246. The lowest BCUT2D eigenvalue weighted by molar-refractivity contribution is 0.0947. The van der Waals surface area contributed by atoms with Gasteiger partial charge in [0.05, 0.1) is 28.5 Å². The highest BCUT2D eigenvalue weighted by Gasteiger charge is 2.11. The van der Waals surface area contributed by atoms with Crippen LogP contribution in [0.1, 0.15) is 16.1 Å². The molecular weight excluding hydrogens is 402 g/mol. The van der Waals surface area contributed by atoms with Crippen LogP contribution in [0.3, 0.4) is 0 Å². The lowest BCUT2D eigenvalue weighted by Gasteiger charge is -2.04. The molecule has 0 spiro atoms. The summed E-state index contributed by atoms with van der Waals surface area (Å²) in [7, 11) is 0. The third-order valence-corrected chi connectivity index (χ3v) is 4.74. The van der Waals surface area contributed by atoms with E-state index in [1.54, 1.807) is 41.3 Å². The second-order valence-corrected chi connectivity index (χ2v) is 6.84. The Bertz CT molecular complexity index is 1220. The summed E-state index contributed by atoms with van der Waals surface area (Å²) >= 11 is 6.09. The van der Waals surface area contributed by atoms with Crippen LogP contribution in [0.15, 0.2) is 61.1 Å². The van der Waals surface area contributed by atoms with Gasteiger partial charge < -0.3 is 5.32 Å². The fourth-order valence-corrected chi connectivity index (χ4v) is 3.11. The maximum atomic E-state index is 12.3. The van der Waals surface area contributed by atoms with E-state index in [2.05, 4.69) is 25.6 Å². The van der Waals surface area contributed by atoms with Gasteiger partial charge in [0.25, 0.3) is 5.91 Å². The van der Waals surface area contributed by atoms with Crippen LogP contribution in [0.5, 0.6) is 0 Å². The largest absolute Gasteiger partial charge is 0.349 e. The fraction of sp³-hybridized carbons (Fsp3) is 0.0952. The summed E-state index contributed by atoms with van der Waals surface area (Å²) < 4.78 is 1.73. The van der Waals surface area contributed by atoms with E-state index in [1.807, 2.05) is 30.5 Å². The molecule has 0 saturated heterocycles. The van der Waals surface area contributed by atoms with E-state index in [4.69, 9.17) is 16.9 Å². The van der Waals surface area contributed by atoms with E-state index in [9.17, 15) is 4.79 Å². The molecule has 3 aromatic heterocycles. The molecule has 148 valence electrons. The molecule has 0 aliphatic carbocycles. The zero-order valence-corrected chi connectivity index (χ0v) is 16.5. The Morgan fingerprint density at radius 1 is 1.20 bits per heavy atom. The number of benzene rings is 1. The molecule has 1 aromatic carbocycles. The van der Waals surface area contributed by atoms with Crippen molar-refractivity contribution in [3.63, 3.8) is 0 Å². The number of nitriles is 1. The average molecular weight is 418 g/mol. The van der Waals surface area contributed by atoms with E-state index in [0.717, 1.165) is 16.8 Å². The summed E-state index contributed by atoms with van der Waals surface area (Å²) in [6.45, 7) is 0.897. The van der Waals surface area contributed by atoms with E-state index in [0.29, 0.717) is 35.1 Å². The van der Waals surface area contributed by atoms with E-state index in [1.165, 1.54) is 0 Å². The lowest BCUT2D eigenvalue weighted by Crippen LogP contribution is -2.27. The lowest BCUT2D eigenvalue weighted by atomic mass is 10.1. The molecule has 0 radical (unpaired) electrons. The van der Waals surface area contributed by atoms with Gasteiger partial charge in [-0.2, -0.15) is 15.5 Å². The Hall–Kier alpha value is -3.96. The number of carbonyl (C=O) groups excluding carboxylic acids is 1. The summed E-state index contributed by atoms with van der Waals surface area (Å²) in [6.07, 6.45) is 5.19. The molecule has 2 N–H and O–H groups in total. The molecule has 3 heterocycles. The zero-order chi connectivity index (χ0) is 20.9. The van der Waals surface area contributed by atoms with Crippen LogP contribution in [0.4, 0.5) is 0 Å². The van der Waals surface area contributed by atoms with Crippen LogP contribution >= 0.6 is 11.6 Å². The number of halogens is 1. The smallest absolute Gasteiger partial charge is 0.269 e. The maximum Gasteiger partial charge on any atom is 0.269 e. The predicted octanol–water partition coefficient (Wildman–Crippen LogP) is 3.29. The first kappa shape index (κ1) is 19.4. The summed E-state index contributed by atoms with van der Waals surface area (Å²) in [5, 5.41) is 23.6. The van der Waals surface area contributed by atoms with Gasteiger partial charge in [-0.3, -0.25) is 19.6 Å². The van der Waals surface area contributed by atoms with Gasteiger partial charge in [0, 0.05) is 36.3 Å². The van der Waals surface area contributed by atoms with Crippen LogP contribution in [0.2, 0.25) is 5.02 Å². The van der Waals surface area contributed by atoms with Gasteiger partial charge in [0.2, 0.25) is 0 Å². The van der Waals surface area contributed by atoms with Crippen molar-refractivity contribution in [2.75, 3.05) is 6.54 Å². The van der Waals surface area contributed by atoms with Crippen LogP contribution in [0, 0.1) is 11.3 Å². The molecule has 0 saturated carbocycles. The topological polar surface area (TPSA) is 112 Å². The molecule has 30 heavy (non-hydrogen) atoms. The highest BCUT2D eigenvalue weighted by Crippen LogP contribution is 2.24. The maximum absolute atomic E-state index is 12.3. The third-order valence-electron chi connectivity index (χ3n) is 4.43. The Labute approximate surface area is 177 Å². The molecule has 8 nitrogen and oxygen atoms in total. The number of aromatic amines is 1. The number of hydrogen-bond acceptors (Lipinski definition) is 5. The first-order valence-electron chi connectivity index (χ1n) is 9.11. The molecule has 0 aliphatic rings. The van der Waals surface area contributed by atoms with Crippen molar-refractivity contribution in [1.29, 1.82) is 5.26 Å². The van der Waals surface area contributed by atoms with Crippen molar-refractivity contribution in [2.45, 2.75) is 6.54 Å².